The molecule has 102 valence electrons. The molecule has 0 spiro atoms. The smallest absolute Gasteiger partial charge is 0.0312 e. The molecule has 1 aliphatic rings. The highest BCUT2D eigenvalue weighted by atomic mass is 15.0. The molecule has 2 unspecified atom stereocenters. The summed E-state index contributed by atoms with van der Waals surface area (Å²) in [5.41, 5.74) is 9.09. The average Bonchev–Trinajstić information content (AvgIpc) is 2.73. The second kappa shape index (κ2) is 5.92. The van der Waals surface area contributed by atoms with Gasteiger partial charge < -0.3 is 10.3 Å². The molecule has 1 heterocycles. The van der Waals surface area contributed by atoms with Gasteiger partial charge in [0.2, 0.25) is 0 Å². The van der Waals surface area contributed by atoms with Crippen LogP contribution >= 0.6 is 0 Å². The molecule has 2 atom stereocenters. The SMILES string of the molecule is CC(C)CCCC(C)n1ccc2c1CCCC2N. The zero-order valence-corrected chi connectivity index (χ0v) is 12.2. The fourth-order valence-electron chi connectivity index (χ4n) is 3.13. The third-order valence-electron chi connectivity index (χ3n) is 4.27. The molecule has 0 bridgehead atoms. The Morgan fingerprint density at radius 2 is 2.11 bits per heavy atom. The molecule has 18 heavy (non-hydrogen) atoms. The van der Waals surface area contributed by atoms with E-state index in [1.54, 1.807) is 0 Å². The molecule has 2 nitrogen and oxygen atoms in total. The van der Waals surface area contributed by atoms with Gasteiger partial charge in [0.1, 0.15) is 0 Å². The Hall–Kier alpha value is -0.760. The molecule has 0 aliphatic heterocycles. The minimum Gasteiger partial charge on any atom is -0.348 e. The Morgan fingerprint density at radius 1 is 1.33 bits per heavy atom. The quantitative estimate of drug-likeness (QED) is 0.831. The zero-order chi connectivity index (χ0) is 13.1. The van der Waals surface area contributed by atoms with E-state index in [1.807, 2.05) is 0 Å². The lowest BCUT2D eigenvalue weighted by Gasteiger charge is -2.24. The maximum Gasteiger partial charge on any atom is 0.0312 e. The van der Waals surface area contributed by atoms with Gasteiger partial charge in [-0.2, -0.15) is 0 Å². The number of rotatable bonds is 5. The summed E-state index contributed by atoms with van der Waals surface area (Å²) in [5, 5.41) is 0. The number of nitrogens with zero attached hydrogens (tertiary/aromatic N) is 1. The van der Waals surface area contributed by atoms with E-state index in [1.165, 1.54) is 43.4 Å². The largest absolute Gasteiger partial charge is 0.348 e. The van der Waals surface area contributed by atoms with Gasteiger partial charge in [-0.25, -0.2) is 0 Å². The number of fused-ring (bicyclic) bond motifs is 1. The Bertz CT molecular complexity index is 378. The third-order valence-corrected chi connectivity index (χ3v) is 4.27. The van der Waals surface area contributed by atoms with Crippen LogP contribution in [0.5, 0.6) is 0 Å². The lowest BCUT2D eigenvalue weighted by atomic mass is 9.93. The van der Waals surface area contributed by atoms with E-state index in [0.717, 1.165) is 12.3 Å². The van der Waals surface area contributed by atoms with Crippen LogP contribution in [0.1, 0.15) is 76.2 Å². The van der Waals surface area contributed by atoms with Crippen molar-refractivity contribution in [1.82, 2.24) is 4.57 Å². The van der Waals surface area contributed by atoms with E-state index in [-0.39, 0.29) is 6.04 Å². The maximum absolute atomic E-state index is 6.19. The normalized spacial score (nSPS) is 21.1. The van der Waals surface area contributed by atoms with Crippen LogP contribution in [0.15, 0.2) is 12.3 Å². The van der Waals surface area contributed by atoms with Gasteiger partial charge >= 0.3 is 0 Å². The molecular weight excluding hydrogens is 220 g/mol. The van der Waals surface area contributed by atoms with E-state index in [4.69, 9.17) is 5.73 Å². The van der Waals surface area contributed by atoms with Crippen molar-refractivity contribution in [3.8, 4) is 0 Å². The van der Waals surface area contributed by atoms with Crippen LogP contribution in [-0.4, -0.2) is 4.57 Å². The summed E-state index contributed by atoms with van der Waals surface area (Å²) in [6, 6.07) is 3.15. The molecule has 2 N–H and O–H groups in total. The fraction of sp³-hybridized carbons (Fsp3) is 0.750. The predicted molar refractivity (Wildman–Crippen MR) is 77.7 cm³/mol. The molecule has 0 saturated heterocycles. The van der Waals surface area contributed by atoms with Gasteiger partial charge in [0.25, 0.3) is 0 Å². The van der Waals surface area contributed by atoms with E-state index in [0.29, 0.717) is 6.04 Å². The average molecular weight is 248 g/mol. The topological polar surface area (TPSA) is 30.9 Å². The molecule has 0 radical (unpaired) electrons. The van der Waals surface area contributed by atoms with Crippen molar-refractivity contribution >= 4 is 0 Å². The number of nitrogens with two attached hydrogens (primary N) is 1. The van der Waals surface area contributed by atoms with Gasteiger partial charge in [0.15, 0.2) is 0 Å². The summed E-state index contributed by atoms with van der Waals surface area (Å²) in [6.45, 7) is 6.96. The summed E-state index contributed by atoms with van der Waals surface area (Å²) in [5.74, 6) is 0.823. The summed E-state index contributed by atoms with van der Waals surface area (Å²) >= 11 is 0. The van der Waals surface area contributed by atoms with Crippen LogP contribution in [0.3, 0.4) is 0 Å². The van der Waals surface area contributed by atoms with Crippen molar-refractivity contribution in [3.05, 3.63) is 23.5 Å². The van der Waals surface area contributed by atoms with Gasteiger partial charge in [0, 0.05) is 24.0 Å². The third kappa shape index (κ3) is 2.97. The monoisotopic (exact) mass is 248 g/mol. The Labute approximate surface area is 112 Å². The van der Waals surface area contributed by atoms with Crippen molar-refractivity contribution in [2.45, 2.75) is 71.4 Å². The summed E-state index contributed by atoms with van der Waals surface area (Å²) in [6.07, 6.45) is 9.83. The fourth-order valence-corrected chi connectivity index (χ4v) is 3.13. The molecule has 2 rings (SSSR count). The minimum atomic E-state index is 0.276. The van der Waals surface area contributed by atoms with Crippen molar-refractivity contribution < 1.29 is 0 Å². The highest BCUT2D eigenvalue weighted by Crippen LogP contribution is 2.31. The first-order chi connectivity index (χ1) is 8.59. The standard InChI is InChI=1S/C16H28N2/c1-12(2)6-4-7-13(3)18-11-10-14-15(17)8-5-9-16(14)18/h10-13,15H,4-9,17H2,1-3H3. The number of hydrogen-bond acceptors (Lipinski definition) is 1. The first-order valence-corrected chi connectivity index (χ1v) is 7.54. The zero-order valence-electron chi connectivity index (χ0n) is 12.2. The molecule has 1 aromatic rings. The van der Waals surface area contributed by atoms with E-state index in [9.17, 15) is 0 Å². The Morgan fingerprint density at radius 3 is 2.83 bits per heavy atom. The van der Waals surface area contributed by atoms with Gasteiger partial charge in [-0.05, 0) is 50.2 Å². The van der Waals surface area contributed by atoms with E-state index >= 15 is 0 Å². The first-order valence-electron chi connectivity index (χ1n) is 7.54. The molecule has 0 saturated carbocycles. The van der Waals surface area contributed by atoms with E-state index in [2.05, 4.69) is 37.6 Å². The summed E-state index contributed by atoms with van der Waals surface area (Å²) in [7, 11) is 0. The summed E-state index contributed by atoms with van der Waals surface area (Å²) in [4.78, 5) is 0. The molecule has 2 heteroatoms. The molecule has 0 fully saturated rings. The van der Waals surface area contributed by atoms with Gasteiger partial charge in [-0.15, -0.1) is 0 Å². The van der Waals surface area contributed by atoms with Crippen molar-refractivity contribution in [2.24, 2.45) is 11.7 Å². The first kappa shape index (κ1) is 13.7. The van der Waals surface area contributed by atoms with Crippen molar-refractivity contribution in [3.63, 3.8) is 0 Å². The van der Waals surface area contributed by atoms with Gasteiger partial charge in [0.05, 0.1) is 0 Å². The van der Waals surface area contributed by atoms with Crippen molar-refractivity contribution in [2.75, 3.05) is 0 Å². The van der Waals surface area contributed by atoms with Crippen LogP contribution in [0.2, 0.25) is 0 Å². The van der Waals surface area contributed by atoms with Crippen LogP contribution in [-0.2, 0) is 6.42 Å². The lowest BCUT2D eigenvalue weighted by molar-refractivity contribution is 0.430. The van der Waals surface area contributed by atoms with Crippen LogP contribution < -0.4 is 5.73 Å². The Balaban J connectivity index is 2.00. The summed E-state index contributed by atoms with van der Waals surface area (Å²) < 4.78 is 2.48. The van der Waals surface area contributed by atoms with Crippen LogP contribution in [0.4, 0.5) is 0 Å². The van der Waals surface area contributed by atoms with Gasteiger partial charge in [-0.3, -0.25) is 0 Å². The van der Waals surface area contributed by atoms with E-state index < -0.39 is 0 Å². The predicted octanol–water partition coefficient (Wildman–Crippen LogP) is 4.21. The van der Waals surface area contributed by atoms with Gasteiger partial charge in [-0.1, -0.05) is 26.7 Å². The minimum absolute atomic E-state index is 0.276. The number of aromatic nitrogens is 1. The number of hydrogen-bond donors (Lipinski definition) is 1. The maximum atomic E-state index is 6.19. The second-order valence-corrected chi connectivity index (χ2v) is 6.30. The highest BCUT2D eigenvalue weighted by Gasteiger charge is 2.21. The highest BCUT2D eigenvalue weighted by molar-refractivity contribution is 5.28. The van der Waals surface area contributed by atoms with Crippen molar-refractivity contribution in [1.29, 1.82) is 0 Å². The molecule has 0 amide bonds. The Kier molecular flexibility index (Phi) is 4.50. The lowest BCUT2D eigenvalue weighted by Crippen LogP contribution is -2.19. The molecule has 0 aromatic carbocycles. The van der Waals surface area contributed by atoms with Crippen LogP contribution in [0, 0.1) is 5.92 Å². The van der Waals surface area contributed by atoms with Crippen LogP contribution in [0.25, 0.3) is 0 Å². The molecular formula is C16H28N2. The second-order valence-electron chi connectivity index (χ2n) is 6.30. The molecule has 1 aliphatic carbocycles. The molecule has 1 aromatic heterocycles.